The number of anilines is 1. The van der Waals surface area contributed by atoms with Gasteiger partial charge >= 0.3 is 0 Å². The van der Waals surface area contributed by atoms with Gasteiger partial charge in [0.1, 0.15) is 5.69 Å². The van der Waals surface area contributed by atoms with E-state index in [1.54, 1.807) is 12.4 Å². The molecule has 2 aliphatic rings. The van der Waals surface area contributed by atoms with Crippen LogP contribution in [0, 0.1) is 5.41 Å². The summed E-state index contributed by atoms with van der Waals surface area (Å²) in [4.78, 5) is 25.8. The molecule has 2 aromatic heterocycles. The predicted molar refractivity (Wildman–Crippen MR) is 93.4 cm³/mol. The van der Waals surface area contributed by atoms with Gasteiger partial charge in [0.05, 0.1) is 13.2 Å². The van der Waals surface area contributed by atoms with Crippen molar-refractivity contribution in [3.63, 3.8) is 0 Å². The Bertz CT molecular complexity index is 747. The lowest BCUT2D eigenvalue weighted by Gasteiger charge is -2.31. The van der Waals surface area contributed by atoms with Crippen molar-refractivity contribution >= 4 is 11.9 Å². The van der Waals surface area contributed by atoms with Crippen LogP contribution in [-0.2, 0) is 11.8 Å². The van der Waals surface area contributed by atoms with E-state index in [1.165, 1.54) is 0 Å². The van der Waals surface area contributed by atoms with Crippen LogP contribution in [0.1, 0.15) is 16.9 Å². The van der Waals surface area contributed by atoms with E-state index in [-0.39, 0.29) is 11.3 Å². The maximum absolute atomic E-state index is 12.9. The number of carbonyl (C=O) groups excluding carboxylic acids is 1. The molecule has 0 aromatic carbocycles. The lowest BCUT2D eigenvalue weighted by atomic mass is 9.87. The maximum atomic E-state index is 12.9. The Morgan fingerprint density at radius 1 is 1.20 bits per heavy atom. The molecule has 0 radical (unpaired) electrons. The highest BCUT2D eigenvalue weighted by Crippen LogP contribution is 2.35. The quantitative estimate of drug-likeness (QED) is 0.821. The highest BCUT2D eigenvalue weighted by Gasteiger charge is 2.43. The Kier molecular flexibility index (Phi) is 4.17. The van der Waals surface area contributed by atoms with Crippen molar-refractivity contribution in [1.29, 1.82) is 0 Å². The van der Waals surface area contributed by atoms with E-state index in [4.69, 9.17) is 4.74 Å². The Hall–Kier alpha value is -2.41. The fourth-order valence-electron chi connectivity index (χ4n) is 3.82. The largest absolute Gasteiger partial charge is 0.379 e. The zero-order chi connectivity index (χ0) is 17.3. The molecule has 1 amide bonds. The number of hydrogen-bond acceptors (Lipinski definition) is 5. The van der Waals surface area contributed by atoms with Crippen LogP contribution in [0.4, 0.5) is 5.95 Å². The van der Waals surface area contributed by atoms with E-state index >= 15 is 0 Å². The highest BCUT2D eigenvalue weighted by molar-refractivity contribution is 5.92. The van der Waals surface area contributed by atoms with Gasteiger partial charge in [-0.05, 0) is 24.6 Å². The average molecular weight is 341 g/mol. The van der Waals surface area contributed by atoms with Crippen LogP contribution in [0.15, 0.2) is 36.8 Å². The first-order chi connectivity index (χ1) is 12.2. The van der Waals surface area contributed by atoms with Gasteiger partial charge in [0.15, 0.2) is 0 Å². The molecule has 4 heterocycles. The van der Waals surface area contributed by atoms with Crippen LogP contribution in [0.2, 0.25) is 0 Å². The SMILES string of the molecule is Cn1cccc1C(=O)N1CCOC[C@@]2(CCN(c3ncccn3)C2)C1. The summed E-state index contributed by atoms with van der Waals surface area (Å²) >= 11 is 0. The Morgan fingerprint density at radius 3 is 2.80 bits per heavy atom. The number of nitrogens with zero attached hydrogens (tertiary/aromatic N) is 5. The lowest BCUT2D eigenvalue weighted by Crippen LogP contribution is -2.44. The molecule has 25 heavy (non-hydrogen) atoms. The van der Waals surface area contributed by atoms with Gasteiger partial charge in [-0.3, -0.25) is 4.79 Å². The topological polar surface area (TPSA) is 63.5 Å². The Morgan fingerprint density at radius 2 is 2.04 bits per heavy atom. The summed E-state index contributed by atoms with van der Waals surface area (Å²) in [7, 11) is 1.90. The van der Waals surface area contributed by atoms with Crippen molar-refractivity contribution in [3.8, 4) is 0 Å². The number of hydrogen-bond donors (Lipinski definition) is 0. The Balaban J connectivity index is 1.52. The number of amides is 1. The molecule has 0 N–H and O–H groups in total. The molecule has 7 nitrogen and oxygen atoms in total. The molecule has 4 rings (SSSR count). The summed E-state index contributed by atoms with van der Waals surface area (Å²) in [6.07, 6.45) is 6.41. The molecule has 2 saturated heterocycles. The van der Waals surface area contributed by atoms with Gasteiger partial charge in [0.2, 0.25) is 5.95 Å². The van der Waals surface area contributed by atoms with Crippen molar-refractivity contribution in [2.24, 2.45) is 12.5 Å². The molecule has 1 atom stereocenters. The number of aromatic nitrogens is 3. The Labute approximate surface area is 147 Å². The zero-order valence-corrected chi connectivity index (χ0v) is 14.5. The number of ether oxygens (including phenoxy) is 1. The molecule has 2 aliphatic heterocycles. The van der Waals surface area contributed by atoms with Gasteiger partial charge in [-0.25, -0.2) is 9.97 Å². The smallest absolute Gasteiger partial charge is 0.270 e. The molecule has 2 aromatic rings. The van der Waals surface area contributed by atoms with Crippen LogP contribution in [-0.4, -0.2) is 64.7 Å². The number of carbonyl (C=O) groups is 1. The van der Waals surface area contributed by atoms with Crippen LogP contribution < -0.4 is 4.90 Å². The molecule has 132 valence electrons. The van der Waals surface area contributed by atoms with E-state index in [2.05, 4.69) is 14.9 Å². The van der Waals surface area contributed by atoms with Crippen molar-refractivity contribution in [1.82, 2.24) is 19.4 Å². The standard InChI is InChI=1S/C18H23N5O2/c1-21-8-2-4-15(21)16(24)22-10-11-25-14-18(12-22)5-9-23(13-18)17-19-6-3-7-20-17/h2-4,6-8H,5,9-14H2,1H3/t18-/m0/s1. The van der Waals surface area contributed by atoms with E-state index in [1.807, 2.05) is 40.9 Å². The summed E-state index contributed by atoms with van der Waals surface area (Å²) < 4.78 is 7.75. The van der Waals surface area contributed by atoms with E-state index in [9.17, 15) is 4.79 Å². The van der Waals surface area contributed by atoms with Crippen LogP contribution in [0.5, 0.6) is 0 Å². The molecule has 0 unspecified atom stereocenters. The number of aryl methyl sites for hydroxylation is 1. The van der Waals surface area contributed by atoms with Crippen LogP contribution in [0.3, 0.4) is 0 Å². The fraction of sp³-hybridized carbons (Fsp3) is 0.500. The van der Waals surface area contributed by atoms with Gasteiger partial charge in [0.25, 0.3) is 5.91 Å². The molecule has 0 bridgehead atoms. The van der Waals surface area contributed by atoms with Gasteiger partial charge in [-0.15, -0.1) is 0 Å². The average Bonchev–Trinajstić information content (AvgIpc) is 3.18. The predicted octanol–water partition coefficient (Wildman–Crippen LogP) is 1.18. The lowest BCUT2D eigenvalue weighted by molar-refractivity contribution is 0.0682. The first kappa shape index (κ1) is 16.1. The summed E-state index contributed by atoms with van der Waals surface area (Å²) in [5, 5.41) is 0. The molecule has 2 fully saturated rings. The van der Waals surface area contributed by atoms with E-state index in [0.717, 1.165) is 31.2 Å². The van der Waals surface area contributed by atoms with Crippen molar-refractivity contribution in [2.45, 2.75) is 6.42 Å². The summed E-state index contributed by atoms with van der Waals surface area (Å²) in [5.41, 5.74) is 0.662. The fourth-order valence-corrected chi connectivity index (χ4v) is 3.82. The molecular weight excluding hydrogens is 318 g/mol. The minimum absolute atomic E-state index is 0.0590. The minimum atomic E-state index is -0.0590. The first-order valence-corrected chi connectivity index (χ1v) is 8.67. The molecular formula is C18H23N5O2. The van der Waals surface area contributed by atoms with Crippen molar-refractivity contribution < 1.29 is 9.53 Å². The summed E-state index contributed by atoms with van der Waals surface area (Å²) in [6, 6.07) is 5.60. The summed E-state index contributed by atoms with van der Waals surface area (Å²) in [5.74, 6) is 0.829. The number of rotatable bonds is 2. The van der Waals surface area contributed by atoms with Crippen molar-refractivity contribution in [3.05, 3.63) is 42.5 Å². The normalized spacial score (nSPS) is 23.9. The summed E-state index contributed by atoms with van der Waals surface area (Å²) in [6.45, 7) is 4.30. The zero-order valence-electron chi connectivity index (χ0n) is 14.5. The molecule has 0 saturated carbocycles. The second-order valence-electron chi connectivity index (χ2n) is 7.00. The highest BCUT2D eigenvalue weighted by atomic mass is 16.5. The van der Waals surface area contributed by atoms with Crippen molar-refractivity contribution in [2.75, 3.05) is 44.3 Å². The third-order valence-corrected chi connectivity index (χ3v) is 5.16. The molecule has 1 spiro atoms. The molecule has 7 heteroatoms. The van der Waals surface area contributed by atoms with Gasteiger partial charge in [-0.1, -0.05) is 0 Å². The third kappa shape index (κ3) is 3.11. The second-order valence-corrected chi connectivity index (χ2v) is 7.00. The van der Waals surface area contributed by atoms with Gasteiger partial charge < -0.3 is 19.1 Å². The van der Waals surface area contributed by atoms with Gasteiger partial charge in [-0.2, -0.15) is 0 Å². The molecule has 0 aliphatic carbocycles. The van der Waals surface area contributed by atoms with E-state index < -0.39 is 0 Å². The monoisotopic (exact) mass is 341 g/mol. The van der Waals surface area contributed by atoms with Crippen LogP contribution >= 0.6 is 0 Å². The second kappa shape index (κ2) is 6.48. The van der Waals surface area contributed by atoms with E-state index in [0.29, 0.717) is 26.3 Å². The minimum Gasteiger partial charge on any atom is -0.379 e. The first-order valence-electron chi connectivity index (χ1n) is 8.67. The maximum Gasteiger partial charge on any atom is 0.270 e. The van der Waals surface area contributed by atoms with Gasteiger partial charge in [0, 0.05) is 57.2 Å². The third-order valence-electron chi connectivity index (χ3n) is 5.16. The van der Waals surface area contributed by atoms with Crippen LogP contribution in [0.25, 0.3) is 0 Å².